The highest BCUT2D eigenvalue weighted by Crippen LogP contribution is 2.40. The zero-order valence-corrected chi connectivity index (χ0v) is 10.4. The first-order chi connectivity index (χ1) is 9.43. The number of benzene rings is 1. The Balaban J connectivity index is 3.09. The third kappa shape index (κ3) is 4.62. The van der Waals surface area contributed by atoms with Gasteiger partial charge in [-0.25, -0.2) is 0 Å². The number of nitrogens with two attached hydrogens (primary N) is 1. The number of carboxylic acid groups (broad SMARTS) is 1. The van der Waals surface area contributed by atoms with Crippen molar-refractivity contribution in [2.24, 2.45) is 5.73 Å². The molecule has 0 aliphatic heterocycles. The summed E-state index contributed by atoms with van der Waals surface area (Å²) in [5.41, 5.74) is 1.55. The van der Waals surface area contributed by atoms with Gasteiger partial charge in [0, 0.05) is 0 Å². The molecule has 0 aliphatic carbocycles. The van der Waals surface area contributed by atoms with Crippen molar-refractivity contribution in [1.29, 1.82) is 0 Å². The molecule has 0 fully saturated rings. The molecule has 1 aromatic carbocycles. The Labute approximate surface area is 115 Å². The second-order valence-electron chi connectivity index (χ2n) is 4.36. The third-order valence-electron chi connectivity index (χ3n) is 2.76. The molecule has 1 aromatic rings. The van der Waals surface area contributed by atoms with Crippen LogP contribution in [0.4, 0.5) is 26.3 Å². The van der Waals surface area contributed by atoms with E-state index in [9.17, 15) is 31.1 Å². The SMILES string of the molecule is N[C@@H](CCc1ccc(C(F)(F)F)c(C(F)(F)F)c1)C(=O)O. The highest BCUT2D eigenvalue weighted by molar-refractivity contribution is 5.73. The average molecular weight is 315 g/mol. The fourth-order valence-corrected chi connectivity index (χ4v) is 1.67. The molecule has 0 heterocycles. The molecule has 0 aromatic heterocycles. The van der Waals surface area contributed by atoms with Gasteiger partial charge < -0.3 is 10.8 Å². The van der Waals surface area contributed by atoms with Gasteiger partial charge in [0.2, 0.25) is 0 Å². The summed E-state index contributed by atoms with van der Waals surface area (Å²) in [6.45, 7) is 0. The van der Waals surface area contributed by atoms with Crippen molar-refractivity contribution in [3.63, 3.8) is 0 Å². The standard InChI is InChI=1S/C12H11F6NO2/c13-11(14,15)7-3-1-6(2-4-9(19)10(20)21)5-8(7)12(16,17)18/h1,3,5,9H,2,4,19H2,(H,20,21)/t9-/m0/s1. The molecule has 1 rings (SSSR count). The second kappa shape index (κ2) is 5.92. The minimum absolute atomic E-state index is 0.0629. The van der Waals surface area contributed by atoms with Crippen LogP contribution in [0, 0.1) is 0 Å². The van der Waals surface area contributed by atoms with Crippen LogP contribution >= 0.6 is 0 Å². The highest BCUT2D eigenvalue weighted by atomic mass is 19.4. The molecular formula is C12H11F6NO2. The number of aryl methyl sites for hydroxylation is 1. The molecule has 3 N–H and O–H groups in total. The van der Waals surface area contributed by atoms with Crippen LogP contribution in [0.3, 0.4) is 0 Å². The van der Waals surface area contributed by atoms with Gasteiger partial charge in [-0.3, -0.25) is 4.79 Å². The van der Waals surface area contributed by atoms with Crippen LogP contribution < -0.4 is 5.73 Å². The van der Waals surface area contributed by atoms with E-state index < -0.39 is 35.5 Å². The van der Waals surface area contributed by atoms with E-state index in [4.69, 9.17) is 10.8 Å². The van der Waals surface area contributed by atoms with Crippen molar-refractivity contribution >= 4 is 5.97 Å². The molecular weight excluding hydrogens is 304 g/mol. The molecule has 1 atom stereocenters. The molecule has 0 radical (unpaired) electrons. The number of hydrogen-bond acceptors (Lipinski definition) is 2. The summed E-state index contributed by atoms with van der Waals surface area (Å²) in [5, 5.41) is 8.54. The molecule has 0 saturated carbocycles. The third-order valence-corrected chi connectivity index (χ3v) is 2.76. The maximum atomic E-state index is 12.7. The number of rotatable bonds is 4. The molecule has 3 nitrogen and oxygen atoms in total. The van der Waals surface area contributed by atoms with Gasteiger partial charge in [-0.2, -0.15) is 26.3 Å². The summed E-state index contributed by atoms with van der Waals surface area (Å²) in [6, 6.07) is 0.302. The molecule has 118 valence electrons. The van der Waals surface area contributed by atoms with Crippen molar-refractivity contribution in [3.05, 3.63) is 34.9 Å². The van der Waals surface area contributed by atoms with E-state index >= 15 is 0 Å². The minimum Gasteiger partial charge on any atom is -0.480 e. The monoisotopic (exact) mass is 315 g/mol. The lowest BCUT2D eigenvalue weighted by molar-refractivity contribution is -0.162. The lowest BCUT2D eigenvalue weighted by Gasteiger charge is -2.17. The lowest BCUT2D eigenvalue weighted by atomic mass is 9.99. The summed E-state index contributed by atoms with van der Waals surface area (Å²) in [4.78, 5) is 10.5. The van der Waals surface area contributed by atoms with E-state index in [0.717, 1.165) is 6.07 Å². The van der Waals surface area contributed by atoms with Crippen molar-refractivity contribution in [3.8, 4) is 0 Å². The van der Waals surface area contributed by atoms with Crippen LogP contribution in [0.15, 0.2) is 18.2 Å². The van der Waals surface area contributed by atoms with Crippen LogP contribution in [0.1, 0.15) is 23.1 Å². The minimum atomic E-state index is -5.16. The Morgan fingerprint density at radius 2 is 1.62 bits per heavy atom. The number of aliphatic carboxylic acids is 1. The lowest BCUT2D eigenvalue weighted by Crippen LogP contribution is -2.30. The normalized spacial score (nSPS) is 14.0. The van der Waals surface area contributed by atoms with E-state index in [0.29, 0.717) is 12.1 Å². The molecule has 9 heteroatoms. The van der Waals surface area contributed by atoms with E-state index in [2.05, 4.69) is 0 Å². The van der Waals surface area contributed by atoms with Crippen LogP contribution in [-0.2, 0) is 23.6 Å². The summed E-state index contributed by atoms with van der Waals surface area (Å²) in [7, 11) is 0. The van der Waals surface area contributed by atoms with E-state index in [-0.39, 0.29) is 18.4 Å². The number of carbonyl (C=O) groups is 1. The molecule has 0 saturated heterocycles. The van der Waals surface area contributed by atoms with Gasteiger partial charge in [-0.05, 0) is 30.5 Å². The van der Waals surface area contributed by atoms with Crippen LogP contribution in [0.2, 0.25) is 0 Å². The molecule has 21 heavy (non-hydrogen) atoms. The average Bonchev–Trinajstić information content (AvgIpc) is 2.33. The maximum Gasteiger partial charge on any atom is 0.417 e. The van der Waals surface area contributed by atoms with Gasteiger partial charge in [0.25, 0.3) is 0 Å². The fourth-order valence-electron chi connectivity index (χ4n) is 1.67. The second-order valence-corrected chi connectivity index (χ2v) is 4.36. The molecule has 0 spiro atoms. The first-order valence-corrected chi connectivity index (χ1v) is 5.68. The summed E-state index contributed by atoms with van der Waals surface area (Å²) >= 11 is 0. The van der Waals surface area contributed by atoms with E-state index in [1.807, 2.05) is 0 Å². The molecule has 0 unspecified atom stereocenters. The molecule has 0 bridgehead atoms. The number of alkyl halides is 6. The zero-order valence-electron chi connectivity index (χ0n) is 10.4. The van der Waals surface area contributed by atoms with Crippen LogP contribution in [-0.4, -0.2) is 17.1 Å². The topological polar surface area (TPSA) is 63.3 Å². The smallest absolute Gasteiger partial charge is 0.417 e. The van der Waals surface area contributed by atoms with Gasteiger partial charge in [0.05, 0.1) is 11.1 Å². The van der Waals surface area contributed by atoms with Crippen molar-refractivity contribution in [2.75, 3.05) is 0 Å². The van der Waals surface area contributed by atoms with Crippen molar-refractivity contribution in [2.45, 2.75) is 31.2 Å². The first kappa shape index (κ1) is 17.3. The Hall–Kier alpha value is -1.77. The zero-order chi connectivity index (χ0) is 16.4. The summed E-state index contributed by atoms with van der Waals surface area (Å²) in [6.07, 6.45) is -10.6. The van der Waals surface area contributed by atoms with Crippen molar-refractivity contribution in [1.82, 2.24) is 0 Å². The predicted octanol–water partition coefficient (Wildman–Crippen LogP) is 3.07. The van der Waals surface area contributed by atoms with Crippen LogP contribution in [0.25, 0.3) is 0 Å². The first-order valence-electron chi connectivity index (χ1n) is 5.68. The van der Waals surface area contributed by atoms with Crippen LogP contribution in [0.5, 0.6) is 0 Å². The van der Waals surface area contributed by atoms with Gasteiger partial charge in [0.15, 0.2) is 0 Å². The maximum absolute atomic E-state index is 12.7. The summed E-state index contributed by atoms with van der Waals surface area (Å²) < 4.78 is 75.6. The Morgan fingerprint density at radius 3 is 2.05 bits per heavy atom. The van der Waals surface area contributed by atoms with Gasteiger partial charge in [-0.15, -0.1) is 0 Å². The van der Waals surface area contributed by atoms with Gasteiger partial charge >= 0.3 is 18.3 Å². The largest absolute Gasteiger partial charge is 0.480 e. The summed E-state index contributed by atoms with van der Waals surface area (Å²) in [5.74, 6) is -1.34. The van der Waals surface area contributed by atoms with Gasteiger partial charge in [0.1, 0.15) is 6.04 Å². The highest BCUT2D eigenvalue weighted by Gasteiger charge is 2.42. The molecule has 0 aliphatic rings. The fraction of sp³-hybridized carbons (Fsp3) is 0.417. The number of carboxylic acids is 1. The number of halogens is 6. The molecule has 0 amide bonds. The number of hydrogen-bond donors (Lipinski definition) is 2. The quantitative estimate of drug-likeness (QED) is 0.839. The van der Waals surface area contributed by atoms with E-state index in [1.54, 1.807) is 0 Å². The van der Waals surface area contributed by atoms with Crippen molar-refractivity contribution < 1.29 is 36.2 Å². The predicted molar refractivity (Wildman–Crippen MR) is 60.4 cm³/mol. The van der Waals surface area contributed by atoms with E-state index in [1.165, 1.54) is 0 Å². The Bertz CT molecular complexity index is 523. The Morgan fingerprint density at radius 1 is 1.10 bits per heavy atom. The van der Waals surface area contributed by atoms with Gasteiger partial charge in [-0.1, -0.05) is 6.07 Å². The Kier molecular flexibility index (Phi) is 4.87.